The Morgan fingerprint density at radius 3 is 1.38 bits per heavy atom. The summed E-state index contributed by atoms with van der Waals surface area (Å²) in [6, 6.07) is 0. The summed E-state index contributed by atoms with van der Waals surface area (Å²) in [6.07, 6.45) is 7.56. The maximum absolute atomic E-state index is 11.4. The van der Waals surface area contributed by atoms with Crippen molar-refractivity contribution in [1.82, 2.24) is 0 Å². The first-order valence-electron chi connectivity index (χ1n) is 13.3. The van der Waals surface area contributed by atoms with E-state index in [0.717, 1.165) is 11.8 Å². The van der Waals surface area contributed by atoms with Crippen molar-refractivity contribution in [3.05, 3.63) is 24.3 Å². The lowest BCUT2D eigenvalue weighted by atomic mass is 9.89. The van der Waals surface area contributed by atoms with Gasteiger partial charge >= 0.3 is 17.9 Å². The van der Waals surface area contributed by atoms with E-state index in [2.05, 4.69) is 13.2 Å². The Morgan fingerprint density at radius 1 is 0.703 bits per heavy atom. The number of carboxylic acids is 1. The van der Waals surface area contributed by atoms with Crippen LogP contribution in [-0.4, -0.2) is 47.8 Å². The average molecular weight is 523 g/mol. The van der Waals surface area contributed by atoms with Gasteiger partial charge in [0.2, 0.25) is 12.6 Å². The van der Waals surface area contributed by atoms with E-state index >= 15 is 0 Å². The normalized spacial score (nSPS) is 38.0. The molecule has 210 valence electrons. The van der Waals surface area contributed by atoms with Crippen LogP contribution in [0.5, 0.6) is 0 Å². The van der Waals surface area contributed by atoms with Crippen molar-refractivity contribution in [1.29, 1.82) is 0 Å². The quantitative estimate of drug-likeness (QED) is 0.380. The SMILES string of the molecule is C.C=C(C)C(=O)O.C=C(C)C(=O)OC1OC2CC3CC2C1C3.CC.CC(=O)OC1OC2CC3CC2C1C3. The molecule has 4 bridgehead atoms. The van der Waals surface area contributed by atoms with E-state index in [1.165, 1.54) is 52.4 Å². The Morgan fingerprint density at radius 2 is 1.08 bits per heavy atom. The minimum absolute atomic E-state index is 0. The van der Waals surface area contributed by atoms with Gasteiger partial charge < -0.3 is 24.1 Å². The molecule has 0 aromatic carbocycles. The van der Waals surface area contributed by atoms with E-state index in [0.29, 0.717) is 41.5 Å². The highest BCUT2D eigenvalue weighted by atomic mass is 16.7. The zero-order valence-electron chi connectivity index (χ0n) is 22.2. The lowest BCUT2D eigenvalue weighted by Gasteiger charge is -2.17. The van der Waals surface area contributed by atoms with Crippen molar-refractivity contribution in [2.24, 2.45) is 35.5 Å². The molecular formula is C29H46O8. The smallest absolute Gasteiger partial charge is 0.335 e. The van der Waals surface area contributed by atoms with Gasteiger partial charge in [0.1, 0.15) is 0 Å². The predicted molar refractivity (Wildman–Crippen MR) is 139 cm³/mol. The summed E-state index contributed by atoms with van der Waals surface area (Å²) in [6.45, 7) is 15.3. The van der Waals surface area contributed by atoms with E-state index in [1.54, 1.807) is 6.92 Å². The van der Waals surface area contributed by atoms with Crippen molar-refractivity contribution >= 4 is 17.9 Å². The molecule has 10 atom stereocenters. The van der Waals surface area contributed by atoms with Gasteiger partial charge in [0, 0.05) is 29.9 Å². The lowest BCUT2D eigenvalue weighted by molar-refractivity contribution is -0.177. The van der Waals surface area contributed by atoms with Gasteiger partial charge in [-0.3, -0.25) is 4.79 Å². The highest BCUT2D eigenvalue weighted by Crippen LogP contribution is 2.57. The first-order valence-corrected chi connectivity index (χ1v) is 13.3. The molecule has 4 saturated carbocycles. The summed E-state index contributed by atoms with van der Waals surface area (Å²) in [4.78, 5) is 31.8. The van der Waals surface area contributed by atoms with Gasteiger partial charge in [-0.1, -0.05) is 34.4 Å². The minimum Gasteiger partial charge on any atom is -0.478 e. The van der Waals surface area contributed by atoms with Crippen LogP contribution in [0, 0.1) is 35.5 Å². The zero-order chi connectivity index (χ0) is 26.7. The van der Waals surface area contributed by atoms with Crippen LogP contribution in [0.4, 0.5) is 0 Å². The summed E-state index contributed by atoms with van der Waals surface area (Å²) < 4.78 is 22.0. The van der Waals surface area contributed by atoms with Crippen LogP contribution in [-0.2, 0) is 33.3 Å². The Labute approximate surface area is 221 Å². The number of aliphatic carboxylic acids is 1. The van der Waals surface area contributed by atoms with Gasteiger partial charge in [0.05, 0.1) is 12.2 Å². The van der Waals surface area contributed by atoms with Crippen LogP contribution in [0.3, 0.4) is 0 Å². The molecule has 2 saturated heterocycles. The van der Waals surface area contributed by atoms with Crippen molar-refractivity contribution in [3.8, 4) is 0 Å². The van der Waals surface area contributed by atoms with Crippen molar-refractivity contribution in [3.63, 3.8) is 0 Å². The third kappa shape index (κ3) is 7.02. The molecule has 0 radical (unpaired) electrons. The first-order chi connectivity index (χ1) is 17.0. The van der Waals surface area contributed by atoms with Gasteiger partial charge in [-0.05, 0) is 76.0 Å². The number of carbonyl (C=O) groups excluding carboxylic acids is 2. The molecule has 6 fully saturated rings. The van der Waals surface area contributed by atoms with Crippen LogP contribution in [0.25, 0.3) is 0 Å². The highest BCUT2D eigenvalue weighted by Gasteiger charge is 2.58. The molecule has 8 nitrogen and oxygen atoms in total. The molecule has 4 aliphatic carbocycles. The average Bonchev–Trinajstić information content (AvgIpc) is 3.62. The number of rotatable bonds is 4. The molecule has 0 aromatic rings. The number of hydrogen-bond donors (Lipinski definition) is 1. The van der Waals surface area contributed by atoms with Crippen molar-refractivity contribution in [2.75, 3.05) is 0 Å². The van der Waals surface area contributed by atoms with Gasteiger partial charge in [0.15, 0.2) is 0 Å². The number of hydrogen-bond acceptors (Lipinski definition) is 7. The van der Waals surface area contributed by atoms with Crippen LogP contribution in [0.1, 0.15) is 80.6 Å². The fraction of sp³-hybridized carbons (Fsp3) is 0.759. The van der Waals surface area contributed by atoms with Crippen molar-refractivity contribution < 1.29 is 38.4 Å². The molecule has 8 heteroatoms. The molecule has 6 rings (SSSR count). The monoisotopic (exact) mass is 522 g/mol. The van der Waals surface area contributed by atoms with Gasteiger partial charge in [-0.2, -0.15) is 0 Å². The van der Waals surface area contributed by atoms with Gasteiger partial charge in [-0.15, -0.1) is 0 Å². The van der Waals surface area contributed by atoms with E-state index in [-0.39, 0.29) is 37.5 Å². The maximum Gasteiger partial charge on any atom is 0.335 e. The molecule has 0 spiro atoms. The Balaban J connectivity index is 0.000000201. The Hall–Kier alpha value is -2.19. The third-order valence-corrected chi connectivity index (χ3v) is 8.14. The van der Waals surface area contributed by atoms with Crippen LogP contribution >= 0.6 is 0 Å². The third-order valence-electron chi connectivity index (χ3n) is 8.14. The summed E-state index contributed by atoms with van der Waals surface area (Å²) in [7, 11) is 0. The van der Waals surface area contributed by atoms with Crippen LogP contribution in [0.15, 0.2) is 24.3 Å². The Bertz CT molecular complexity index is 850. The molecule has 0 aromatic heterocycles. The standard InChI is InChI=1S/C12H16O3.C10H14O3.C4H6O2.C2H6.CH4/c1-6(2)11(13)15-12-9-4-7-3-8(9)10(5-7)14-12;1-5(11)12-10-8-3-6-2-7(8)9(4-6)13-10;1-3(2)4(5)6;1-2;/h7-10,12H,1,3-5H2,2H3;6-10H,2-4H2,1H3;1H2,2H3,(H,5,6);1-2H3;1H4. The fourth-order valence-corrected chi connectivity index (χ4v) is 6.76. The molecular weight excluding hydrogens is 476 g/mol. The second-order valence-corrected chi connectivity index (χ2v) is 10.8. The van der Waals surface area contributed by atoms with E-state index < -0.39 is 5.97 Å². The number of fused-ring (bicyclic) bond motifs is 2. The first kappa shape index (κ1) is 31.0. The number of ether oxygens (including phenoxy) is 4. The van der Waals surface area contributed by atoms with Gasteiger partial charge in [0.25, 0.3) is 0 Å². The fourth-order valence-electron chi connectivity index (χ4n) is 6.76. The second kappa shape index (κ2) is 13.1. The van der Waals surface area contributed by atoms with Crippen molar-refractivity contribution in [2.45, 2.75) is 105 Å². The zero-order valence-corrected chi connectivity index (χ0v) is 22.2. The largest absolute Gasteiger partial charge is 0.478 e. The van der Waals surface area contributed by atoms with E-state index in [9.17, 15) is 14.4 Å². The molecule has 37 heavy (non-hydrogen) atoms. The van der Waals surface area contributed by atoms with Crippen LogP contribution in [0.2, 0.25) is 0 Å². The molecule has 0 amide bonds. The number of carboxylic acid groups (broad SMARTS) is 1. The molecule has 2 aliphatic heterocycles. The maximum atomic E-state index is 11.4. The van der Waals surface area contributed by atoms with E-state index in [1.807, 2.05) is 13.8 Å². The lowest BCUT2D eigenvalue weighted by Crippen LogP contribution is -2.24. The minimum atomic E-state index is -0.935. The topological polar surface area (TPSA) is 108 Å². The summed E-state index contributed by atoms with van der Waals surface area (Å²) in [5.41, 5.74) is 0.627. The molecule has 2 heterocycles. The van der Waals surface area contributed by atoms with Crippen LogP contribution < -0.4 is 0 Å². The summed E-state index contributed by atoms with van der Waals surface area (Å²) in [5.74, 6) is 2.51. The predicted octanol–water partition coefficient (Wildman–Crippen LogP) is 5.51. The Kier molecular flexibility index (Phi) is 10.9. The summed E-state index contributed by atoms with van der Waals surface area (Å²) >= 11 is 0. The number of esters is 2. The second-order valence-electron chi connectivity index (χ2n) is 10.8. The van der Waals surface area contributed by atoms with E-state index in [4.69, 9.17) is 24.1 Å². The summed E-state index contributed by atoms with van der Waals surface area (Å²) in [5, 5.41) is 7.89. The molecule has 6 aliphatic rings. The van der Waals surface area contributed by atoms with Gasteiger partial charge in [-0.25, -0.2) is 9.59 Å². The number of carbonyl (C=O) groups is 3. The molecule has 1 N–H and O–H groups in total. The highest BCUT2D eigenvalue weighted by molar-refractivity contribution is 5.87. The molecule has 10 unspecified atom stereocenters.